The maximum absolute atomic E-state index is 11.3. The predicted octanol–water partition coefficient (Wildman–Crippen LogP) is 2.46. The van der Waals surface area contributed by atoms with Crippen LogP contribution in [0.1, 0.15) is 20.8 Å². The lowest BCUT2D eigenvalue weighted by atomic mass is 9.97. The van der Waals surface area contributed by atoms with Crippen molar-refractivity contribution in [1.29, 1.82) is 0 Å². The van der Waals surface area contributed by atoms with Crippen LogP contribution in [0.5, 0.6) is 0 Å². The van der Waals surface area contributed by atoms with Crippen LogP contribution >= 0.6 is 0 Å². The van der Waals surface area contributed by atoms with Gasteiger partial charge in [-0.15, -0.1) is 5.54 Å². The molecule has 0 fully saturated rings. The summed E-state index contributed by atoms with van der Waals surface area (Å²) in [6.45, 7) is 12.2. The van der Waals surface area contributed by atoms with Crippen LogP contribution in [0.2, 0.25) is 19.6 Å². The molecule has 0 spiro atoms. The molecule has 0 heterocycles. The van der Waals surface area contributed by atoms with Crippen LogP contribution < -0.4 is 0 Å². The number of ether oxygens (including phenoxy) is 1. The van der Waals surface area contributed by atoms with Crippen LogP contribution in [-0.4, -0.2) is 20.7 Å². The van der Waals surface area contributed by atoms with Gasteiger partial charge in [0, 0.05) is 0 Å². The molecule has 0 saturated heterocycles. The van der Waals surface area contributed by atoms with Crippen LogP contribution in [0.4, 0.5) is 0 Å². The Balaban J connectivity index is 3.97. The van der Waals surface area contributed by atoms with Crippen LogP contribution in [0.3, 0.4) is 0 Å². The normalized spacial score (nSPS) is 11.6. The molecule has 0 rings (SSSR count). The molecule has 0 atom stereocenters. The topological polar surface area (TPSA) is 26.3 Å². The molecule has 0 aromatic heterocycles. The van der Waals surface area contributed by atoms with Gasteiger partial charge in [-0.25, -0.2) is 0 Å². The molecule has 0 amide bonds. The van der Waals surface area contributed by atoms with Crippen molar-refractivity contribution in [1.82, 2.24) is 0 Å². The molecule has 0 aliphatic heterocycles. The molecule has 0 aromatic carbocycles. The van der Waals surface area contributed by atoms with Gasteiger partial charge < -0.3 is 4.74 Å². The Hall–Kier alpha value is -0.753. The number of carbonyl (C=O) groups excluding carboxylic acids is 1. The maximum Gasteiger partial charge on any atom is 0.312 e. The predicted molar refractivity (Wildman–Crippen MR) is 61.5 cm³/mol. The first-order chi connectivity index (χ1) is 6.13. The summed E-state index contributed by atoms with van der Waals surface area (Å²) in [6, 6.07) is 0. The molecular formula is C11H20O2Si. The first-order valence-corrected chi connectivity index (χ1v) is 8.30. The van der Waals surface area contributed by atoms with Crippen molar-refractivity contribution >= 4 is 14.0 Å². The number of esters is 1. The zero-order chi connectivity index (χ0) is 11.4. The molecule has 0 N–H and O–H groups in total. The van der Waals surface area contributed by atoms with E-state index in [9.17, 15) is 4.79 Å². The van der Waals surface area contributed by atoms with Crippen molar-refractivity contribution in [2.24, 2.45) is 5.41 Å². The summed E-state index contributed by atoms with van der Waals surface area (Å²) < 4.78 is 5.01. The average molecular weight is 212 g/mol. The first kappa shape index (κ1) is 13.2. The van der Waals surface area contributed by atoms with Crippen molar-refractivity contribution in [2.75, 3.05) is 6.61 Å². The third-order valence-electron chi connectivity index (χ3n) is 1.35. The summed E-state index contributed by atoms with van der Waals surface area (Å²) >= 11 is 0. The van der Waals surface area contributed by atoms with Gasteiger partial charge in [0.05, 0.1) is 5.41 Å². The van der Waals surface area contributed by atoms with Gasteiger partial charge in [0.1, 0.15) is 8.07 Å². The highest BCUT2D eigenvalue weighted by atomic mass is 28.3. The van der Waals surface area contributed by atoms with Gasteiger partial charge in [0.2, 0.25) is 0 Å². The Bertz CT molecular complexity index is 258. The molecule has 14 heavy (non-hydrogen) atoms. The second-order valence-corrected chi connectivity index (χ2v) is 10.1. The summed E-state index contributed by atoms with van der Waals surface area (Å²) in [5.41, 5.74) is 2.71. The highest BCUT2D eigenvalue weighted by Gasteiger charge is 2.22. The third-order valence-corrected chi connectivity index (χ3v) is 2.28. The molecule has 0 saturated carbocycles. The standard InChI is InChI=1S/C11H20O2Si/c1-11(2,3)10(12)13-8-7-9-14(4,5)6/h8H2,1-6H3. The fourth-order valence-corrected chi connectivity index (χ4v) is 1.22. The third kappa shape index (κ3) is 6.73. The smallest absolute Gasteiger partial charge is 0.312 e. The van der Waals surface area contributed by atoms with Gasteiger partial charge in [-0.05, 0) is 20.8 Å². The molecule has 3 heteroatoms. The maximum atomic E-state index is 11.3. The molecule has 80 valence electrons. The van der Waals surface area contributed by atoms with E-state index in [2.05, 4.69) is 31.1 Å². The molecule has 0 aromatic rings. The fourth-order valence-electron chi connectivity index (χ4n) is 0.619. The Labute approximate surface area is 88.0 Å². The Morgan fingerprint density at radius 2 is 1.79 bits per heavy atom. The van der Waals surface area contributed by atoms with Crippen LogP contribution in [-0.2, 0) is 9.53 Å². The lowest BCUT2D eigenvalue weighted by Crippen LogP contribution is -2.23. The second kappa shape index (κ2) is 4.65. The Kier molecular flexibility index (Phi) is 4.40. The largest absolute Gasteiger partial charge is 0.452 e. The highest BCUT2D eigenvalue weighted by molar-refractivity contribution is 6.83. The first-order valence-electron chi connectivity index (χ1n) is 4.80. The van der Waals surface area contributed by atoms with E-state index >= 15 is 0 Å². The molecule has 0 aliphatic carbocycles. The van der Waals surface area contributed by atoms with Crippen molar-refractivity contribution in [3.8, 4) is 11.5 Å². The van der Waals surface area contributed by atoms with Gasteiger partial charge in [-0.3, -0.25) is 4.79 Å². The Morgan fingerprint density at radius 3 is 2.14 bits per heavy atom. The summed E-state index contributed by atoms with van der Waals surface area (Å²) in [5.74, 6) is 2.70. The number of rotatable bonds is 1. The number of carbonyl (C=O) groups is 1. The van der Waals surface area contributed by atoms with Gasteiger partial charge in [0.15, 0.2) is 6.61 Å². The van der Waals surface area contributed by atoms with Crippen molar-refractivity contribution in [2.45, 2.75) is 40.4 Å². The average Bonchev–Trinajstić information content (AvgIpc) is 1.93. The molecule has 0 bridgehead atoms. The van der Waals surface area contributed by atoms with Crippen molar-refractivity contribution < 1.29 is 9.53 Å². The molecular weight excluding hydrogens is 192 g/mol. The fraction of sp³-hybridized carbons (Fsp3) is 0.727. The quantitative estimate of drug-likeness (QED) is 0.379. The molecule has 0 unspecified atom stereocenters. The van der Waals surface area contributed by atoms with E-state index in [1.165, 1.54) is 0 Å². The highest BCUT2D eigenvalue weighted by Crippen LogP contribution is 2.14. The SMILES string of the molecule is CC(C)(C)C(=O)OCC#C[Si](C)(C)C. The molecule has 0 radical (unpaired) electrons. The zero-order valence-corrected chi connectivity index (χ0v) is 11.0. The Morgan fingerprint density at radius 1 is 1.29 bits per heavy atom. The van der Waals surface area contributed by atoms with E-state index in [1.807, 2.05) is 20.8 Å². The summed E-state index contributed by atoms with van der Waals surface area (Å²) in [5, 5.41) is 0. The van der Waals surface area contributed by atoms with Gasteiger partial charge in [0.25, 0.3) is 0 Å². The lowest BCUT2D eigenvalue weighted by molar-refractivity contribution is -0.151. The van der Waals surface area contributed by atoms with Gasteiger partial charge >= 0.3 is 5.97 Å². The zero-order valence-electron chi connectivity index (χ0n) is 10.0. The molecule has 0 aliphatic rings. The minimum absolute atomic E-state index is 0.192. The summed E-state index contributed by atoms with van der Waals surface area (Å²) in [4.78, 5) is 11.3. The minimum atomic E-state index is -1.33. The van der Waals surface area contributed by atoms with Crippen LogP contribution in [0, 0.1) is 16.9 Å². The summed E-state index contributed by atoms with van der Waals surface area (Å²) in [6.07, 6.45) is 0. The van der Waals surface area contributed by atoms with E-state index < -0.39 is 13.5 Å². The number of hydrogen-bond donors (Lipinski definition) is 0. The van der Waals surface area contributed by atoms with Crippen molar-refractivity contribution in [3.05, 3.63) is 0 Å². The van der Waals surface area contributed by atoms with Crippen molar-refractivity contribution in [3.63, 3.8) is 0 Å². The van der Waals surface area contributed by atoms with Crippen LogP contribution in [0.15, 0.2) is 0 Å². The lowest BCUT2D eigenvalue weighted by Gasteiger charge is -2.15. The van der Waals surface area contributed by atoms with E-state index in [-0.39, 0.29) is 12.6 Å². The second-order valence-electron chi connectivity index (χ2n) is 5.38. The summed E-state index contributed by atoms with van der Waals surface area (Å²) in [7, 11) is -1.33. The van der Waals surface area contributed by atoms with E-state index in [1.54, 1.807) is 0 Å². The van der Waals surface area contributed by atoms with Gasteiger partial charge in [-0.2, -0.15) is 0 Å². The molecule has 2 nitrogen and oxygen atoms in total. The van der Waals surface area contributed by atoms with E-state index in [0.29, 0.717) is 0 Å². The minimum Gasteiger partial charge on any atom is -0.452 e. The van der Waals surface area contributed by atoms with Gasteiger partial charge in [-0.1, -0.05) is 25.6 Å². The van der Waals surface area contributed by atoms with Crippen LogP contribution in [0.25, 0.3) is 0 Å². The monoisotopic (exact) mass is 212 g/mol. The van der Waals surface area contributed by atoms with E-state index in [0.717, 1.165) is 0 Å². The van der Waals surface area contributed by atoms with E-state index in [4.69, 9.17) is 4.74 Å². The number of hydrogen-bond acceptors (Lipinski definition) is 2.